The molecule has 1 atom stereocenters. The Hall–Kier alpha value is -1.02. The lowest BCUT2D eigenvalue weighted by molar-refractivity contribution is 0.288. The molecule has 2 nitrogen and oxygen atoms in total. The van der Waals surface area contributed by atoms with Crippen LogP contribution in [0.2, 0.25) is 0 Å². The molecule has 2 heteroatoms. The van der Waals surface area contributed by atoms with Crippen molar-refractivity contribution in [2.45, 2.75) is 38.6 Å². The lowest BCUT2D eigenvalue weighted by atomic mass is 9.94. The van der Waals surface area contributed by atoms with Crippen LogP contribution in [-0.2, 0) is 6.42 Å². The molecule has 3 rings (SSSR count). The van der Waals surface area contributed by atoms with Gasteiger partial charge in [0.2, 0.25) is 0 Å². The molecule has 2 aliphatic heterocycles. The number of nitrogens with one attached hydrogen (secondary N) is 1. The molecule has 0 unspecified atom stereocenters. The van der Waals surface area contributed by atoms with Crippen LogP contribution in [0.3, 0.4) is 0 Å². The van der Waals surface area contributed by atoms with E-state index in [2.05, 4.69) is 24.4 Å². The third-order valence-electron chi connectivity index (χ3n) is 3.73. The second kappa shape index (κ2) is 4.10. The Kier molecular flexibility index (Phi) is 2.60. The van der Waals surface area contributed by atoms with Gasteiger partial charge in [0.05, 0.1) is 6.61 Å². The summed E-state index contributed by atoms with van der Waals surface area (Å²) in [4.78, 5) is 0. The molecule has 0 amide bonds. The molecule has 1 fully saturated rings. The van der Waals surface area contributed by atoms with Crippen LogP contribution in [0.15, 0.2) is 12.1 Å². The molecule has 0 spiro atoms. The fourth-order valence-corrected chi connectivity index (χ4v) is 2.85. The van der Waals surface area contributed by atoms with E-state index in [-0.39, 0.29) is 0 Å². The van der Waals surface area contributed by atoms with Crippen LogP contribution in [0.4, 0.5) is 0 Å². The van der Waals surface area contributed by atoms with Crippen molar-refractivity contribution in [1.29, 1.82) is 0 Å². The largest absolute Gasteiger partial charge is 0.493 e. The summed E-state index contributed by atoms with van der Waals surface area (Å²) in [5.41, 5.74) is 4.27. The van der Waals surface area contributed by atoms with Crippen LogP contribution in [0, 0.1) is 6.92 Å². The van der Waals surface area contributed by atoms with Gasteiger partial charge in [-0.25, -0.2) is 0 Å². The average molecular weight is 217 g/mol. The number of benzene rings is 1. The highest BCUT2D eigenvalue weighted by molar-refractivity contribution is 5.44. The van der Waals surface area contributed by atoms with E-state index in [1.807, 2.05) is 0 Å². The van der Waals surface area contributed by atoms with Crippen molar-refractivity contribution in [3.8, 4) is 5.75 Å². The summed E-state index contributed by atoms with van der Waals surface area (Å²) < 4.78 is 5.70. The average Bonchev–Trinajstić information content (AvgIpc) is 2.81. The van der Waals surface area contributed by atoms with E-state index in [1.54, 1.807) is 0 Å². The number of rotatable bonds is 1. The van der Waals surface area contributed by atoms with Gasteiger partial charge >= 0.3 is 0 Å². The van der Waals surface area contributed by atoms with Gasteiger partial charge in [-0.15, -0.1) is 0 Å². The standard InChI is InChI=1S/C14H19NO/c1-10-8-14-11(4-3-7-16-14)9-12(10)13-5-2-6-15-13/h8-9,13,15H,2-7H2,1H3/t13-/m0/s1. The maximum atomic E-state index is 5.70. The lowest BCUT2D eigenvalue weighted by Gasteiger charge is -2.22. The van der Waals surface area contributed by atoms with Crippen LogP contribution >= 0.6 is 0 Å². The highest BCUT2D eigenvalue weighted by Gasteiger charge is 2.20. The monoisotopic (exact) mass is 217 g/mol. The second-order valence-corrected chi connectivity index (χ2v) is 4.92. The van der Waals surface area contributed by atoms with Crippen molar-refractivity contribution < 1.29 is 4.74 Å². The highest BCUT2D eigenvalue weighted by Crippen LogP contribution is 2.33. The number of hydrogen-bond donors (Lipinski definition) is 1. The van der Waals surface area contributed by atoms with Crippen molar-refractivity contribution in [1.82, 2.24) is 5.32 Å². The summed E-state index contributed by atoms with van der Waals surface area (Å²) in [6, 6.07) is 5.17. The Morgan fingerprint density at radius 3 is 3.06 bits per heavy atom. The predicted molar refractivity (Wildman–Crippen MR) is 65.0 cm³/mol. The molecule has 0 aliphatic carbocycles. The van der Waals surface area contributed by atoms with Gasteiger partial charge in [0.1, 0.15) is 5.75 Å². The van der Waals surface area contributed by atoms with E-state index in [0.717, 1.165) is 25.3 Å². The number of ether oxygens (including phenoxy) is 1. The van der Waals surface area contributed by atoms with Crippen molar-refractivity contribution in [2.24, 2.45) is 0 Å². The summed E-state index contributed by atoms with van der Waals surface area (Å²) in [6.07, 6.45) is 4.92. The first-order valence-electron chi connectivity index (χ1n) is 6.34. The van der Waals surface area contributed by atoms with Gasteiger partial charge in [-0.05, 0) is 61.9 Å². The normalized spacial score (nSPS) is 23.9. The second-order valence-electron chi connectivity index (χ2n) is 4.92. The van der Waals surface area contributed by atoms with E-state index in [9.17, 15) is 0 Å². The summed E-state index contributed by atoms with van der Waals surface area (Å²) in [6.45, 7) is 4.25. The van der Waals surface area contributed by atoms with Crippen molar-refractivity contribution in [2.75, 3.05) is 13.2 Å². The van der Waals surface area contributed by atoms with Crippen LogP contribution in [0.1, 0.15) is 42.0 Å². The number of aryl methyl sites for hydroxylation is 2. The SMILES string of the molecule is Cc1cc2c(cc1[C@@H]1CCCN1)CCCO2. The van der Waals surface area contributed by atoms with Crippen LogP contribution in [0.5, 0.6) is 5.75 Å². The Morgan fingerprint density at radius 2 is 2.25 bits per heavy atom. The summed E-state index contributed by atoms with van der Waals surface area (Å²) in [5, 5.41) is 3.58. The fraction of sp³-hybridized carbons (Fsp3) is 0.571. The van der Waals surface area contributed by atoms with Gasteiger partial charge in [-0.2, -0.15) is 0 Å². The molecular weight excluding hydrogens is 198 g/mol. The fourth-order valence-electron chi connectivity index (χ4n) is 2.85. The third kappa shape index (κ3) is 1.71. The first kappa shape index (κ1) is 10.2. The smallest absolute Gasteiger partial charge is 0.122 e. The van der Waals surface area contributed by atoms with Gasteiger partial charge in [-0.3, -0.25) is 0 Å². The van der Waals surface area contributed by atoms with E-state index in [0.29, 0.717) is 6.04 Å². The zero-order chi connectivity index (χ0) is 11.0. The van der Waals surface area contributed by atoms with Gasteiger partial charge in [0.15, 0.2) is 0 Å². The first-order valence-corrected chi connectivity index (χ1v) is 6.34. The molecule has 86 valence electrons. The zero-order valence-electron chi connectivity index (χ0n) is 9.88. The minimum atomic E-state index is 0.576. The quantitative estimate of drug-likeness (QED) is 0.781. The van der Waals surface area contributed by atoms with Crippen LogP contribution < -0.4 is 10.1 Å². The first-order chi connectivity index (χ1) is 7.84. The van der Waals surface area contributed by atoms with Gasteiger partial charge in [-0.1, -0.05) is 6.07 Å². The van der Waals surface area contributed by atoms with E-state index in [4.69, 9.17) is 4.74 Å². The minimum absolute atomic E-state index is 0.576. The Bertz CT molecular complexity index is 394. The molecule has 16 heavy (non-hydrogen) atoms. The molecule has 1 aromatic rings. The maximum absolute atomic E-state index is 5.70. The lowest BCUT2D eigenvalue weighted by Crippen LogP contribution is -2.16. The topological polar surface area (TPSA) is 21.3 Å². The highest BCUT2D eigenvalue weighted by atomic mass is 16.5. The predicted octanol–water partition coefficient (Wildman–Crippen LogP) is 2.74. The Morgan fingerprint density at radius 1 is 1.31 bits per heavy atom. The number of fused-ring (bicyclic) bond motifs is 1. The van der Waals surface area contributed by atoms with Crippen molar-refractivity contribution in [3.05, 3.63) is 28.8 Å². The maximum Gasteiger partial charge on any atom is 0.122 e. The molecule has 1 saturated heterocycles. The zero-order valence-corrected chi connectivity index (χ0v) is 9.88. The van der Waals surface area contributed by atoms with Crippen molar-refractivity contribution in [3.63, 3.8) is 0 Å². The minimum Gasteiger partial charge on any atom is -0.493 e. The Balaban J connectivity index is 1.98. The van der Waals surface area contributed by atoms with E-state index < -0.39 is 0 Å². The van der Waals surface area contributed by atoms with E-state index in [1.165, 1.54) is 36.0 Å². The molecule has 2 heterocycles. The molecule has 1 N–H and O–H groups in total. The summed E-state index contributed by atoms with van der Waals surface area (Å²) in [5.74, 6) is 1.12. The summed E-state index contributed by atoms with van der Waals surface area (Å²) >= 11 is 0. The molecule has 0 aromatic heterocycles. The molecule has 0 bridgehead atoms. The third-order valence-corrected chi connectivity index (χ3v) is 3.73. The number of hydrogen-bond acceptors (Lipinski definition) is 2. The van der Waals surface area contributed by atoms with Gasteiger partial charge in [0, 0.05) is 6.04 Å². The van der Waals surface area contributed by atoms with Gasteiger partial charge in [0.25, 0.3) is 0 Å². The Labute approximate surface area is 97.0 Å². The molecule has 2 aliphatic rings. The van der Waals surface area contributed by atoms with Gasteiger partial charge < -0.3 is 10.1 Å². The summed E-state index contributed by atoms with van der Waals surface area (Å²) in [7, 11) is 0. The molecule has 0 radical (unpaired) electrons. The van der Waals surface area contributed by atoms with Crippen LogP contribution in [-0.4, -0.2) is 13.2 Å². The van der Waals surface area contributed by atoms with Crippen LogP contribution in [0.25, 0.3) is 0 Å². The molecule has 0 saturated carbocycles. The van der Waals surface area contributed by atoms with Crippen molar-refractivity contribution >= 4 is 0 Å². The molecule has 1 aromatic carbocycles. The van der Waals surface area contributed by atoms with E-state index >= 15 is 0 Å². The molecular formula is C14H19NO.